The Labute approximate surface area is 142 Å². The molecule has 0 spiro atoms. The summed E-state index contributed by atoms with van der Waals surface area (Å²) in [4.78, 5) is 20.1. The largest absolute Gasteiger partial charge is 0.356 e. The standard InChI is InChI=1S/C15H16N6O2S/c1-10-19-20-14(24-10)6-9-17-12(22)2-3-13-18-15(21-23-13)11-4-7-16-8-5-11/h4-5,7-8H,2-3,6,9H2,1H3,(H,17,22). The Morgan fingerprint density at radius 2 is 2.08 bits per heavy atom. The molecule has 9 heteroatoms. The predicted molar refractivity (Wildman–Crippen MR) is 87.2 cm³/mol. The molecule has 0 radical (unpaired) electrons. The molecule has 1 amide bonds. The van der Waals surface area contributed by atoms with Gasteiger partial charge in [0.25, 0.3) is 0 Å². The second-order valence-electron chi connectivity index (χ2n) is 5.06. The molecule has 1 N–H and O–H groups in total. The van der Waals surface area contributed by atoms with E-state index in [4.69, 9.17) is 4.52 Å². The predicted octanol–water partition coefficient (Wildman–Crippen LogP) is 1.58. The number of nitrogens with zero attached hydrogens (tertiary/aromatic N) is 5. The van der Waals surface area contributed by atoms with Gasteiger partial charge >= 0.3 is 0 Å². The van der Waals surface area contributed by atoms with Gasteiger partial charge in [0.1, 0.15) is 10.0 Å². The first-order valence-corrected chi connectivity index (χ1v) is 8.31. The van der Waals surface area contributed by atoms with Crippen LogP contribution in [0.4, 0.5) is 0 Å². The van der Waals surface area contributed by atoms with Crippen LogP contribution in [-0.2, 0) is 17.6 Å². The summed E-state index contributed by atoms with van der Waals surface area (Å²) >= 11 is 1.54. The Hall–Kier alpha value is -2.68. The van der Waals surface area contributed by atoms with Crippen LogP contribution in [0.15, 0.2) is 29.0 Å². The van der Waals surface area contributed by atoms with E-state index in [1.54, 1.807) is 24.5 Å². The molecule has 3 heterocycles. The lowest BCUT2D eigenvalue weighted by Gasteiger charge is -2.01. The van der Waals surface area contributed by atoms with Crippen molar-refractivity contribution in [3.63, 3.8) is 0 Å². The van der Waals surface area contributed by atoms with Crippen LogP contribution in [0.1, 0.15) is 22.3 Å². The lowest BCUT2D eigenvalue weighted by atomic mass is 10.2. The zero-order valence-electron chi connectivity index (χ0n) is 13.1. The average molecular weight is 344 g/mol. The van der Waals surface area contributed by atoms with Crippen molar-refractivity contribution in [2.45, 2.75) is 26.2 Å². The van der Waals surface area contributed by atoms with Gasteiger partial charge in [0.2, 0.25) is 17.6 Å². The van der Waals surface area contributed by atoms with E-state index in [1.807, 2.05) is 6.92 Å². The molecular weight excluding hydrogens is 328 g/mol. The third-order valence-electron chi connectivity index (χ3n) is 3.20. The van der Waals surface area contributed by atoms with Crippen LogP contribution in [0.5, 0.6) is 0 Å². The first kappa shape index (κ1) is 16.2. The fourth-order valence-electron chi connectivity index (χ4n) is 2.03. The number of nitrogens with one attached hydrogen (secondary N) is 1. The molecule has 3 rings (SSSR count). The van der Waals surface area contributed by atoms with Crippen LogP contribution in [0.25, 0.3) is 11.4 Å². The highest BCUT2D eigenvalue weighted by molar-refractivity contribution is 7.11. The van der Waals surface area contributed by atoms with E-state index in [9.17, 15) is 4.79 Å². The third-order valence-corrected chi connectivity index (χ3v) is 4.10. The van der Waals surface area contributed by atoms with Crippen molar-refractivity contribution in [1.82, 2.24) is 30.6 Å². The highest BCUT2D eigenvalue weighted by Gasteiger charge is 2.10. The van der Waals surface area contributed by atoms with Crippen molar-refractivity contribution in [2.24, 2.45) is 0 Å². The highest BCUT2D eigenvalue weighted by atomic mass is 32.1. The Balaban J connectivity index is 1.42. The fraction of sp³-hybridized carbons (Fsp3) is 0.333. The zero-order chi connectivity index (χ0) is 16.8. The van der Waals surface area contributed by atoms with E-state index in [0.29, 0.717) is 37.5 Å². The molecule has 0 bridgehead atoms. The number of hydrogen-bond donors (Lipinski definition) is 1. The molecule has 0 atom stereocenters. The van der Waals surface area contributed by atoms with Crippen molar-refractivity contribution >= 4 is 17.2 Å². The normalized spacial score (nSPS) is 10.7. The van der Waals surface area contributed by atoms with Gasteiger partial charge < -0.3 is 9.84 Å². The van der Waals surface area contributed by atoms with E-state index >= 15 is 0 Å². The minimum Gasteiger partial charge on any atom is -0.356 e. The molecule has 0 saturated carbocycles. The van der Waals surface area contributed by atoms with Crippen LogP contribution in [0, 0.1) is 6.92 Å². The second kappa shape index (κ2) is 7.73. The summed E-state index contributed by atoms with van der Waals surface area (Å²) in [5.41, 5.74) is 0.830. The Morgan fingerprint density at radius 3 is 2.83 bits per heavy atom. The molecule has 0 aliphatic rings. The molecular formula is C15H16N6O2S. The smallest absolute Gasteiger partial charge is 0.227 e. The monoisotopic (exact) mass is 344 g/mol. The lowest BCUT2D eigenvalue weighted by molar-refractivity contribution is -0.121. The van der Waals surface area contributed by atoms with Gasteiger partial charge in [0.15, 0.2) is 0 Å². The van der Waals surface area contributed by atoms with Crippen molar-refractivity contribution in [1.29, 1.82) is 0 Å². The molecule has 0 unspecified atom stereocenters. The molecule has 0 aliphatic carbocycles. The van der Waals surface area contributed by atoms with Gasteiger partial charge in [0.05, 0.1) is 0 Å². The number of hydrogen-bond acceptors (Lipinski definition) is 8. The summed E-state index contributed by atoms with van der Waals surface area (Å²) in [5, 5.41) is 16.6. The summed E-state index contributed by atoms with van der Waals surface area (Å²) in [6.45, 7) is 2.45. The van der Waals surface area contributed by atoms with Crippen molar-refractivity contribution in [3.05, 3.63) is 40.4 Å². The van der Waals surface area contributed by atoms with E-state index in [0.717, 1.165) is 15.6 Å². The Bertz CT molecular complexity index is 801. The van der Waals surface area contributed by atoms with E-state index in [2.05, 4.69) is 30.6 Å². The second-order valence-corrected chi connectivity index (χ2v) is 6.33. The van der Waals surface area contributed by atoms with Gasteiger partial charge in [-0.15, -0.1) is 21.5 Å². The lowest BCUT2D eigenvalue weighted by Crippen LogP contribution is -2.25. The van der Waals surface area contributed by atoms with Crippen molar-refractivity contribution < 1.29 is 9.32 Å². The van der Waals surface area contributed by atoms with Gasteiger partial charge in [-0.3, -0.25) is 9.78 Å². The number of carbonyl (C=O) groups is 1. The molecule has 8 nitrogen and oxygen atoms in total. The van der Waals surface area contributed by atoms with E-state index in [-0.39, 0.29) is 5.91 Å². The molecule has 0 aliphatic heterocycles. The number of rotatable bonds is 7. The highest BCUT2D eigenvalue weighted by Crippen LogP contribution is 2.14. The molecule has 124 valence electrons. The average Bonchev–Trinajstić information content (AvgIpc) is 3.23. The van der Waals surface area contributed by atoms with Crippen LogP contribution >= 0.6 is 11.3 Å². The van der Waals surface area contributed by atoms with Gasteiger partial charge in [0, 0.05) is 43.8 Å². The van der Waals surface area contributed by atoms with Crippen LogP contribution in [0.3, 0.4) is 0 Å². The summed E-state index contributed by atoms with van der Waals surface area (Å²) in [6, 6.07) is 3.60. The number of aromatic nitrogens is 5. The number of aryl methyl sites for hydroxylation is 2. The Kier molecular flexibility index (Phi) is 5.22. The minimum atomic E-state index is -0.0556. The summed E-state index contributed by atoms with van der Waals surface area (Å²) in [6.07, 6.45) is 4.72. The van der Waals surface area contributed by atoms with Crippen LogP contribution < -0.4 is 5.32 Å². The minimum absolute atomic E-state index is 0.0556. The summed E-state index contributed by atoms with van der Waals surface area (Å²) in [5.74, 6) is 0.885. The number of amides is 1. The maximum atomic E-state index is 11.8. The van der Waals surface area contributed by atoms with Crippen molar-refractivity contribution in [3.8, 4) is 11.4 Å². The van der Waals surface area contributed by atoms with Gasteiger partial charge in [-0.05, 0) is 19.1 Å². The first-order chi connectivity index (χ1) is 11.7. The molecule has 3 aromatic heterocycles. The SMILES string of the molecule is Cc1nnc(CCNC(=O)CCc2nc(-c3ccncc3)no2)s1. The van der Waals surface area contributed by atoms with Crippen LogP contribution in [0.2, 0.25) is 0 Å². The van der Waals surface area contributed by atoms with Crippen LogP contribution in [-0.4, -0.2) is 37.8 Å². The van der Waals surface area contributed by atoms with Gasteiger partial charge in [-0.25, -0.2) is 0 Å². The third kappa shape index (κ3) is 4.42. The zero-order valence-corrected chi connectivity index (χ0v) is 13.9. The first-order valence-electron chi connectivity index (χ1n) is 7.49. The maximum absolute atomic E-state index is 11.8. The quantitative estimate of drug-likeness (QED) is 0.693. The molecule has 0 aromatic carbocycles. The fourth-order valence-corrected chi connectivity index (χ4v) is 2.74. The van der Waals surface area contributed by atoms with Gasteiger partial charge in [-0.1, -0.05) is 5.16 Å². The number of carbonyl (C=O) groups excluding carboxylic acids is 1. The maximum Gasteiger partial charge on any atom is 0.227 e. The molecule has 0 saturated heterocycles. The summed E-state index contributed by atoms with van der Waals surface area (Å²) in [7, 11) is 0. The number of pyridine rings is 1. The van der Waals surface area contributed by atoms with Crippen molar-refractivity contribution in [2.75, 3.05) is 6.54 Å². The molecule has 24 heavy (non-hydrogen) atoms. The summed E-state index contributed by atoms with van der Waals surface area (Å²) < 4.78 is 5.17. The molecule has 3 aromatic rings. The Morgan fingerprint density at radius 1 is 1.25 bits per heavy atom. The molecule has 0 fully saturated rings. The van der Waals surface area contributed by atoms with E-state index < -0.39 is 0 Å². The van der Waals surface area contributed by atoms with Gasteiger partial charge in [-0.2, -0.15) is 4.98 Å². The van der Waals surface area contributed by atoms with E-state index in [1.165, 1.54) is 11.3 Å². The topological polar surface area (TPSA) is 107 Å².